The Morgan fingerprint density at radius 3 is 2.16 bits per heavy atom. The molecular formula is C24H36O5S2. The summed E-state index contributed by atoms with van der Waals surface area (Å²) in [6.45, 7) is 14.0. The lowest BCUT2D eigenvalue weighted by Crippen LogP contribution is -2.47. The Morgan fingerprint density at radius 2 is 1.68 bits per heavy atom. The third kappa shape index (κ3) is 5.14. The smallest absolute Gasteiger partial charge is 0.313 e. The SMILES string of the molecule is CC(C)(C)OC(=O)[C@@]1(C)[C@H]2[C@@H]([C@@H](OS(C)(=O)=O)[C@H]1CSc1ccccc1)[C@@H]2C(C)(C)C. The standard InChI is InChI=1S/C24H36O5S2/c1-22(2,3)18-17-19(18)24(7,21(25)28-23(4,5)6)16(20(17)29-31(8,26)27)14-30-15-12-10-9-11-13-15/h9-13,16-20H,14H2,1-8H3/t16-,17+,18+,19+,20+,24-/m1/s1. The van der Waals surface area contributed by atoms with E-state index >= 15 is 0 Å². The average molecular weight is 469 g/mol. The van der Waals surface area contributed by atoms with Gasteiger partial charge in [0.25, 0.3) is 10.1 Å². The van der Waals surface area contributed by atoms with Crippen LogP contribution in [0, 0.1) is 34.5 Å². The first kappa shape index (κ1) is 24.6. The molecule has 174 valence electrons. The average Bonchev–Trinajstić information content (AvgIpc) is 3.30. The summed E-state index contributed by atoms with van der Waals surface area (Å²) in [5, 5.41) is 0. The molecule has 6 atom stereocenters. The van der Waals surface area contributed by atoms with Crippen molar-refractivity contribution in [2.75, 3.05) is 12.0 Å². The van der Waals surface area contributed by atoms with E-state index < -0.39 is 27.2 Å². The topological polar surface area (TPSA) is 69.7 Å². The van der Waals surface area contributed by atoms with Gasteiger partial charge >= 0.3 is 5.97 Å². The highest BCUT2D eigenvalue weighted by Crippen LogP contribution is 2.74. The lowest BCUT2D eigenvalue weighted by atomic mass is 9.70. The molecule has 0 amide bonds. The van der Waals surface area contributed by atoms with Gasteiger partial charge in [-0.1, -0.05) is 39.0 Å². The highest BCUT2D eigenvalue weighted by Gasteiger charge is 2.77. The van der Waals surface area contributed by atoms with Gasteiger partial charge in [-0.15, -0.1) is 11.8 Å². The van der Waals surface area contributed by atoms with E-state index in [1.807, 2.05) is 58.0 Å². The van der Waals surface area contributed by atoms with Crippen molar-refractivity contribution in [3.63, 3.8) is 0 Å². The molecule has 2 fully saturated rings. The maximum absolute atomic E-state index is 13.6. The van der Waals surface area contributed by atoms with Crippen molar-refractivity contribution in [3.8, 4) is 0 Å². The summed E-state index contributed by atoms with van der Waals surface area (Å²) in [4.78, 5) is 14.7. The number of hydrogen-bond acceptors (Lipinski definition) is 6. The fraction of sp³-hybridized carbons (Fsp3) is 0.708. The number of fused-ring (bicyclic) bond motifs is 1. The zero-order chi connectivity index (χ0) is 23.4. The second-order valence-corrected chi connectivity index (χ2v) is 14.0. The molecule has 0 saturated heterocycles. The minimum absolute atomic E-state index is 0.0219. The molecule has 0 heterocycles. The van der Waals surface area contributed by atoms with Gasteiger partial charge in [-0.25, -0.2) is 0 Å². The molecule has 0 aromatic heterocycles. The first-order valence-electron chi connectivity index (χ1n) is 10.9. The minimum atomic E-state index is -3.67. The van der Waals surface area contributed by atoms with E-state index in [1.165, 1.54) is 0 Å². The van der Waals surface area contributed by atoms with Gasteiger partial charge in [0.2, 0.25) is 0 Å². The van der Waals surface area contributed by atoms with Crippen LogP contribution >= 0.6 is 11.8 Å². The number of carbonyl (C=O) groups is 1. The van der Waals surface area contributed by atoms with Gasteiger partial charge in [-0.2, -0.15) is 8.42 Å². The van der Waals surface area contributed by atoms with Crippen molar-refractivity contribution in [2.24, 2.45) is 34.5 Å². The summed E-state index contributed by atoms with van der Waals surface area (Å²) in [5.74, 6) is 0.332. The molecule has 1 aromatic carbocycles. The Hall–Kier alpha value is -1.05. The van der Waals surface area contributed by atoms with Gasteiger partial charge in [-0.05, 0) is 63.0 Å². The molecule has 7 heteroatoms. The molecule has 0 unspecified atom stereocenters. The molecule has 0 aliphatic heterocycles. The summed E-state index contributed by atoms with van der Waals surface area (Å²) in [7, 11) is -3.67. The summed E-state index contributed by atoms with van der Waals surface area (Å²) in [6, 6.07) is 9.96. The quantitative estimate of drug-likeness (QED) is 0.332. The molecule has 0 bridgehead atoms. The summed E-state index contributed by atoms with van der Waals surface area (Å²) in [5.41, 5.74) is -1.49. The number of carbonyl (C=O) groups excluding carboxylic acids is 1. The number of esters is 1. The molecule has 5 nitrogen and oxygen atoms in total. The molecule has 1 aromatic rings. The van der Waals surface area contributed by atoms with Crippen LogP contribution in [0.15, 0.2) is 35.2 Å². The normalized spacial score (nSPS) is 33.1. The van der Waals surface area contributed by atoms with E-state index in [0.29, 0.717) is 5.75 Å². The monoisotopic (exact) mass is 468 g/mol. The summed E-state index contributed by atoms with van der Waals surface area (Å²) >= 11 is 1.63. The highest BCUT2D eigenvalue weighted by molar-refractivity contribution is 7.99. The highest BCUT2D eigenvalue weighted by atomic mass is 32.2. The van der Waals surface area contributed by atoms with E-state index in [9.17, 15) is 13.2 Å². The van der Waals surface area contributed by atoms with Crippen LogP contribution < -0.4 is 0 Å². The lowest BCUT2D eigenvalue weighted by molar-refractivity contribution is -0.172. The third-order valence-electron chi connectivity index (χ3n) is 6.61. The maximum Gasteiger partial charge on any atom is 0.313 e. The fourth-order valence-electron chi connectivity index (χ4n) is 5.47. The van der Waals surface area contributed by atoms with Crippen molar-refractivity contribution in [2.45, 2.75) is 65.1 Å². The van der Waals surface area contributed by atoms with Crippen LogP contribution in [0.25, 0.3) is 0 Å². The van der Waals surface area contributed by atoms with Gasteiger partial charge in [-0.3, -0.25) is 8.98 Å². The van der Waals surface area contributed by atoms with Crippen molar-refractivity contribution in [1.29, 1.82) is 0 Å². The van der Waals surface area contributed by atoms with E-state index in [4.69, 9.17) is 8.92 Å². The minimum Gasteiger partial charge on any atom is -0.460 e. The van der Waals surface area contributed by atoms with Crippen molar-refractivity contribution in [3.05, 3.63) is 30.3 Å². The van der Waals surface area contributed by atoms with Crippen LogP contribution in [0.1, 0.15) is 48.5 Å². The molecule has 2 aliphatic carbocycles. The predicted octanol–water partition coefficient (Wildman–Crippen LogP) is 5.01. The molecule has 2 saturated carbocycles. The van der Waals surface area contributed by atoms with Gasteiger partial charge < -0.3 is 4.74 Å². The molecule has 0 spiro atoms. The second kappa shape index (κ2) is 8.07. The number of thioether (sulfide) groups is 1. The summed E-state index contributed by atoms with van der Waals surface area (Å²) < 4.78 is 36.0. The Morgan fingerprint density at radius 1 is 1.10 bits per heavy atom. The van der Waals surface area contributed by atoms with Crippen LogP contribution in [-0.4, -0.2) is 38.1 Å². The molecule has 31 heavy (non-hydrogen) atoms. The molecule has 0 radical (unpaired) electrons. The molecule has 0 N–H and O–H groups in total. The van der Waals surface area contributed by atoms with Crippen LogP contribution in [0.3, 0.4) is 0 Å². The number of hydrogen-bond donors (Lipinski definition) is 0. The second-order valence-electron chi connectivity index (χ2n) is 11.3. The zero-order valence-corrected chi connectivity index (χ0v) is 21.5. The first-order valence-corrected chi connectivity index (χ1v) is 13.7. The van der Waals surface area contributed by atoms with Crippen LogP contribution in [0.2, 0.25) is 0 Å². The van der Waals surface area contributed by atoms with Gasteiger partial charge in [0.05, 0.1) is 17.8 Å². The van der Waals surface area contributed by atoms with Gasteiger partial charge in [0.1, 0.15) is 5.60 Å². The fourth-order valence-corrected chi connectivity index (χ4v) is 7.39. The number of ether oxygens (including phenoxy) is 1. The Balaban J connectivity index is 2.00. The third-order valence-corrected chi connectivity index (χ3v) is 8.31. The molecular weight excluding hydrogens is 432 g/mol. The Labute approximate surface area is 191 Å². The number of rotatable bonds is 6. The summed E-state index contributed by atoms with van der Waals surface area (Å²) in [6.07, 6.45) is 0.569. The van der Waals surface area contributed by atoms with Crippen molar-refractivity contribution >= 4 is 27.8 Å². The van der Waals surface area contributed by atoms with Crippen LogP contribution in [0.4, 0.5) is 0 Å². The predicted molar refractivity (Wildman–Crippen MR) is 124 cm³/mol. The van der Waals surface area contributed by atoms with Gasteiger partial charge in [0, 0.05) is 16.6 Å². The van der Waals surface area contributed by atoms with Crippen LogP contribution in [-0.2, 0) is 23.8 Å². The molecule has 3 rings (SSSR count). The number of benzene rings is 1. The lowest BCUT2D eigenvalue weighted by Gasteiger charge is -2.39. The van der Waals surface area contributed by atoms with Gasteiger partial charge in [0.15, 0.2) is 0 Å². The Kier molecular flexibility index (Phi) is 6.40. The zero-order valence-electron chi connectivity index (χ0n) is 19.8. The van der Waals surface area contributed by atoms with E-state index in [1.54, 1.807) is 11.8 Å². The van der Waals surface area contributed by atoms with Crippen molar-refractivity contribution in [1.82, 2.24) is 0 Å². The Bertz CT molecular complexity index is 914. The van der Waals surface area contributed by atoms with E-state index in [2.05, 4.69) is 20.8 Å². The van der Waals surface area contributed by atoms with E-state index in [-0.39, 0.29) is 35.1 Å². The van der Waals surface area contributed by atoms with Crippen LogP contribution in [0.5, 0.6) is 0 Å². The first-order chi connectivity index (χ1) is 14.1. The van der Waals surface area contributed by atoms with Crippen molar-refractivity contribution < 1.29 is 22.1 Å². The largest absolute Gasteiger partial charge is 0.460 e. The maximum atomic E-state index is 13.6. The van der Waals surface area contributed by atoms with E-state index in [0.717, 1.165) is 11.2 Å². The molecule has 2 aliphatic rings.